The van der Waals surface area contributed by atoms with Crippen molar-refractivity contribution in [1.29, 1.82) is 0 Å². The van der Waals surface area contributed by atoms with E-state index in [1.54, 1.807) is 7.11 Å². The average molecular weight is 501 g/mol. The maximum absolute atomic E-state index is 7.18. The maximum Gasteiger partial charge on any atom is 0.229 e. The smallest absolute Gasteiger partial charge is 0.229 e. The molecular weight excluding hydrogens is 464 g/mol. The van der Waals surface area contributed by atoms with Crippen LogP contribution in [0.4, 0.5) is 11.4 Å². The van der Waals surface area contributed by atoms with Crippen LogP contribution in [0.5, 0.6) is 5.75 Å². The van der Waals surface area contributed by atoms with E-state index in [1.807, 2.05) is 0 Å². The molecule has 0 amide bonds. The molecule has 0 bridgehead atoms. The average Bonchev–Trinajstić information content (AvgIpc) is 3.15. The van der Waals surface area contributed by atoms with E-state index in [0.717, 1.165) is 29.7 Å². The normalized spacial score (nSPS) is 21.4. The van der Waals surface area contributed by atoms with Crippen molar-refractivity contribution < 1.29 is 18.9 Å². The molecule has 3 aliphatic rings. The van der Waals surface area contributed by atoms with Crippen molar-refractivity contribution in [3.05, 3.63) is 66.2 Å². The van der Waals surface area contributed by atoms with Gasteiger partial charge < -0.3 is 23.8 Å². The lowest BCUT2D eigenvalue weighted by Gasteiger charge is -2.50. The Morgan fingerprint density at radius 3 is 2.46 bits per heavy atom. The molecule has 1 unspecified atom stereocenters. The first-order valence-corrected chi connectivity index (χ1v) is 13.6. The van der Waals surface area contributed by atoms with E-state index in [4.69, 9.17) is 23.9 Å². The van der Waals surface area contributed by atoms with Crippen LogP contribution in [0.1, 0.15) is 37.7 Å². The summed E-state index contributed by atoms with van der Waals surface area (Å²) in [6.07, 6.45) is 7.95. The lowest BCUT2D eigenvalue weighted by Crippen LogP contribution is -2.65. The van der Waals surface area contributed by atoms with Crippen molar-refractivity contribution in [2.75, 3.05) is 51.6 Å². The number of hydrogen-bond donors (Lipinski definition) is 0. The topological polar surface area (TPSA) is 52.5 Å². The first-order chi connectivity index (χ1) is 18.3. The Bertz CT molecular complexity index is 1270. The van der Waals surface area contributed by atoms with Crippen molar-refractivity contribution in [1.82, 2.24) is 0 Å². The van der Waals surface area contributed by atoms with E-state index in [1.165, 1.54) is 35.9 Å². The fraction of sp³-hybridized carbons (Fsp3) is 0.452. The summed E-state index contributed by atoms with van der Waals surface area (Å²) in [4.78, 5) is 7.58. The molecular formula is C31H36N2O4. The minimum absolute atomic E-state index is 0.141. The van der Waals surface area contributed by atoms with Crippen molar-refractivity contribution in [3.63, 3.8) is 0 Å². The van der Waals surface area contributed by atoms with Gasteiger partial charge >= 0.3 is 0 Å². The number of methoxy groups -OCH3 is 1. The van der Waals surface area contributed by atoms with Gasteiger partial charge in [0, 0.05) is 24.7 Å². The van der Waals surface area contributed by atoms with Crippen molar-refractivity contribution in [3.8, 4) is 5.75 Å². The van der Waals surface area contributed by atoms with Crippen molar-refractivity contribution >= 4 is 28.4 Å². The van der Waals surface area contributed by atoms with Gasteiger partial charge in [0.2, 0.25) is 5.72 Å². The third-order valence-corrected chi connectivity index (χ3v) is 8.26. The van der Waals surface area contributed by atoms with Crippen LogP contribution in [-0.4, -0.2) is 58.6 Å². The molecule has 194 valence electrons. The summed E-state index contributed by atoms with van der Waals surface area (Å²) >= 11 is 0. The fourth-order valence-electron chi connectivity index (χ4n) is 6.58. The predicted molar refractivity (Wildman–Crippen MR) is 148 cm³/mol. The third-order valence-electron chi connectivity index (χ3n) is 8.26. The Hall–Kier alpha value is -2.93. The second kappa shape index (κ2) is 10.4. The van der Waals surface area contributed by atoms with Gasteiger partial charge in [-0.2, -0.15) is 0 Å². The summed E-state index contributed by atoms with van der Waals surface area (Å²) in [5.74, 6) is 0.858. The molecule has 0 aromatic heterocycles. The van der Waals surface area contributed by atoms with Crippen LogP contribution in [0.25, 0.3) is 10.8 Å². The number of para-hydroxylation sites is 1. The van der Waals surface area contributed by atoms with Gasteiger partial charge in [-0.05, 0) is 35.9 Å². The van der Waals surface area contributed by atoms with Gasteiger partial charge in [0.1, 0.15) is 11.4 Å². The minimum atomic E-state index is -0.676. The molecule has 6 nitrogen and oxygen atoms in total. The van der Waals surface area contributed by atoms with Crippen LogP contribution >= 0.6 is 0 Å². The fourth-order valence-corrected chi connectivity index (χ4v) is 6.58. The summed E-state index contributed by atoms with van der Waals surface area (Å²) in [7, 11) is 1.68. The monoisotopic (exact) mass is 500 g/mol. The Balaban J connectivity index is 1.33. The molecule has 37 heavy (non-hydrogen) atoms. The molecule has 2 aliphatic heterocycles. The van der Waals surface area contributed by atoms with Gasteiger partial charge in [-0.3, -0.25) is 4.99 Å². The zero-order valence-corrected chi connectivity index (χ0v) is 21.7. The number of ether oxygens (including phenoxy) is 4. The molecule has 1 aliphatic carbocycles. The Kier molecular flexibility index (Phi) is 6.89. The molecule has 3 aromatic rings. The molecule has 6 heteroatoms. The van der Waals surface area contributed by atoms with Gasteiger partial charge in [-0.15, -0.1) is 0 Å². The quantitative estimate of drug-likeness (QED) is 0.336. The maximum atomic E-state index is 7.18. The second-order valence-electron chi connectivity index (χ2n) is 10.2. The van der Waals surface area contributed by atoms with Gasteiger partial charge in [-0.1, -0.05) is 67.8 Å². The second-order valence-corrected chi connectivity index (χ2v) is 10.2. The van der Waals surface area contributed by atoms with Crippen LogP contribution < -0.4 is 9.64 Å². The SMILES string of the molecule is COCCOCCOCCN1c2ccccc2C2(CCCCC2)C12C=Nc1c(ccc3ccccc13)O2. The molecule has 0 saturated heterocycles. The zero-order chi connectivity index (χ0) is 25.1. The largest absolute Gasteiger partial charge is 0.459 e. The van der Waals surface area contributed by atoms with E-state index in [9.17, 15) is 0 Å². The summed E-state index contributed by atoms with van der Waals surface area (Å²) in [6.45, 7) is 3.61. The van der Waals surface area contributed by atoms with Crippen LogP contribution in [0, 0.1) is 0 Å². The molecule has 6 rings (SSSR count). The third kappa shape index (κ3) is 4.12. The molecule has 0 radical (unpaired) electrons. The highest BCUT2D eigenvalue weighted by atomic mass is 16.5. The molecule has 1 saturated carbocycles. The number of anilines is 1. The van der Waals surface area contributed by atoms with Crippen LogP contribution in [0.2, 0.25) is 0 Å². The number of rotatable bonds is 9. The van der Waals surface area contributed by atoms with Crippen molar-refractivity contribution in [2.45, 2.75) is 43.2 Å². The van der Waals surface area contributed by atoms with E-state index < -0.39 is 5.72 Å². The standard InChI is InChI=1S/C31H36N2O4/c1-34-19-20-36-22-21-35-18-17-33-27-12-6-5-11-26(27)30(15-7-2-8-16-30)31(33)23-32-29-25-10-4-3-9-24(25)13-14-28(29)37-31/h3-6,9-14,23H,2,7-8,15-22H2,1H3. The molecule has 2 heterocycles. The van der Waals surface area contributed by atoms with Crippen LogP contribution in [0.3, 0.4) is 0 Å². The number of hydrogen-bond acceptors (Lipinski definition) is 6. The number of aliphatic imine (C=N–C) groups is 1. The Morgan fingerprint density at radius 1 is 0.838 bits per heavy atom. The van der Waals surface area contributed by atoms with Gasteiger partial charge in [0.15, 0.2) is 0 Å². The summed E-state index contributed by atoms with van der Waals surface area (Å²) < 4.78 is 23.8. The van der Waals surface area contributed by atoms with E-state index in [2.05, 4.69) is 71.8 Å². The lowest BCUT2D eigenvalue weighted by molar-refractivity contribution is 0.0153. The summed E-state index contributed by atoms with van der Waals surface area (Å²) in [6, 6.07) is 21.5. The van der Waals surface area contributed by atoms with Crippen LogP contribution in [0.15, 0.2) is 65.7 Å². The highest BCUT2D eigenvalue weighted by molar-refractivity contribution is 6.00. The molecule has 3 aromatic carbocycles. The zero-order valence-electron chi connectivity index (χ0n) is 21.7. The highest BCUT2D eigenvalue weighted by Crippen LogP contribution is 2.60. The van der Waals surface area contributed by atoms with Gasteiger partial charge in [-0.25, -0.2) is 0 Å². The minimum Gasteiger partial charge on any atom is -0.459 e. The number of fused-ring (bicyclic) bond motifs is 6. The summed E-state index contributed by atoms with van der Waals surface area (Å²) in [5.41, 5.74) is 2.73. The molecule has 2 spiro atoms. The molecule has 1 atom stereocenters. The first-order valence-electron chi connectivity index (χ1n) is 13.6. The summed E-state index contributed by atoms with van der Waals surface area (Å²) in [5, 5.41) is 2.31. The van der Waals surface area contributed by atoms with Crippen molar-refractivity contribution in [2.24, 2.45) is 4.99 Å². The molecule has 1 fully saturated rings. The van der Waals surface area contributed by atoms with E-state index in [0.29, 0.717) is 39.6 Å². The molecule has 0 N–H and O–H groups in total. The predicted octanol–water partition coefficient (Wildman–Crippen LogP) is 6.03. The van der Waals surface area contributed by atoms with Gasteiger partial charge in [0.05, 0.1) is 44.7 Å². The van der Waals surface area contributed by atoms with Crippen LogP contribution in [-0.2, 0) is 19.6 Å². The van der Waals surface area contributed by atoms with Gasteiger partial charge in [0.25, 0.3) is 0 Å². The Labute approximate surface area is 219 Å². The van der Waals surface area contributed by atoms with E-state index >= 15 is 0 Å². The van der Waals surface area contributed by atoms with E-state index in [-0.39, 0.29) is 5.41 Å². The Morgan fingerprint density at radius 2 is 1.59 bits per heavy atom. The lowest BCUT2D eigenvalue weighted by atomic mass is 9.64. The highest BCUT2D eigenvalue weighted by Gasteiger charge is 2.64. The number of nitrogens with zero attached hydrogens (tertiary/aromatic N) is 2. The first kappa shape index (κ1) is 24.4. The number of benzene rings is 3.